The summed E-state index contributed by atoms with van der Waals surface area (Å²) in [4.78, 5) is 12.2. The molecule has 1 fully saturated rings. The number of nitrogens with two attached hydrogens (primary N) is 1. The van der Waals surface area contributed by atoms with E-state index in [-0.39, 0.29) is 5.78 Å². The molecule has 2 N–H and O–H groups in total. The number of rotatable bonds is 3. The molecule has 0 bridgehead atoms. The highest BCUT2D eigenvalue weighted by atomic mass is 16.5. The molecule has 0 atom stereocenters. The van der Waals surface area contributed by atoms with Crippen molar-refractivity contribution in [1.82, 2.24) is 0 Å². The first-order valence-corrected chi connectivity index (χ1v) is 6.06. The highest BCUT2D eigenvalue weighted by Crippen LogP contribution is 2.20. The number of ketones is 1. The van der Waals surface area contributed by atoms with Crippen LogP contribution in [0.5, 0.6) is 0 Å². The average Bonchev–Trinajstić information content (AvgIpc) is 2.33. The van der Waals surface area contributed by atoms with E-state index in [1.165, 1.54) is 5.56 Å². The Balaban J connectivity index is 2.03. The Morgan fingerprint density at radius 2 is 1.88 bits per heavy atom. The zero-order chi connectivity index (χ0) is 12.3. The lowest BCUT2D eigenvalue weighted by Gasteiger charge is -2.31. The van der Waals surface area contributed by atoms with Crippen LogP contribution in [0.4, 0.5) is 0 Å². The van der Waals surface area contributed by atoms with Crippen LogP contribution < -0.4 is 5.73 Å². The third-order valence-corrected chi connectivity index (χ3v) is 3.43. The molecule has 1 saturated heterocycles. The SMILES string of the molecule is Cc1ccc(CC(=O)C2(N)CCOCC2)cc1. The summed E-state index contributed by atoms with van der Waals surface area (Å²) in [6.45, 7) is 3.22. The Hall–Kier alpha value is -1.19. The first kappa shape index (κ1) is 12.3. The fourth-order valence-electron chi connectivity index (χ4n) is 2.08. The first-order chi connectivity index (χ1) is 8.10. The van der Waals surface area contributed by atoms with Crippen LogP contribution in [0.2, 0.25) is 0 Å². The summed E-state index contributed by atoms with van der Waals surface area (Å²) in [5.74, 6) is 0.129. The lowest BCUT2D eigenvalue weighted by molar-refractivity contribution is -0.126. The maximum absolute atomic E-state index is 12.2. The van der Waals surface area contributed by atoms with Crippen LogP contribution in [0.1, 0.15) is 24.0 Å². The minimum atomic E-state index is -0.677. The molecule has 0 saturated carbocycles. The van der Waals surface area contributed by atoms with Gasteiger partial charge in [-0.3, -0.25) is 4.79 Å². The number of hydrogen-bond donors (Lipinski definition) is 1. The first-order valence-electron chi connectivity index (χ1n) is 6.06. The Morgan fingerprint density at radius 3 is 2.47 bits per heavy atom. The van der Waals surface area contributed by atoms with E-state index in [0.29, 0.717) is 32.5 Å². The van der Waals surface area contributed by atoms with Crippen LogP contribution >= 0.6 is 0 Å². The number of benzene rings is 1. The van der Waals surface area contributed by atoms with Gasteiger partial charge in [0.05, 0.1) is 5.54 Å². The molecule has 0 aromatic heterocycles. The number of carbonyl (C=O) groups is 1. The molecule has 1 aliphatic rings. The van der Waals surface area contributed by atoms with Crippen LogP contribution in [-0.4, -0.2) is 24.5 Å². The Morgan fingerprint density at radius 1 is 1.29 bits per heavy atom. The highest BCUT2D eigenvalue weighted by Gasteiger charge is 2.35. The van der Waals surface area contributed by atoms with E-state index in [4.69, 9.17) is 10.5 Å². The van der Waals surface area contributed by atoms with Gasteiger partial charge in [0.1, 0.15) is 0 Å². The molecule has 92 valence electrons. The molecule has 1 aromatic carbocycles. The molecule has 0 spiro atoms. The molecule has 0 unspecified atom stereocenters. The number of aryl methyl sites for hydroxylation is 1. The summed E-state index contributed by atoms with van der Waals surface area (Å²) >= 11 is 0. The third-order valence-electron chi connectivity index (χ3n) is 3.43. The van der Waals surface area contributed by atoms with Crippen molar-refractivity contribution in [2.75, 3.05) is 13.2 Å². The van der Waals surface area contributed by atoms with Gasteiger partial charge in [-0.2, -0.15) is 0 Å². The smallest absolute Gasteiger partial charge is 0.157 e. The fourth-order valence-corrected chi connectivity index (χ4v) is 2.08. The van der Waals surface area contributed by atoms with E-state index in [9.17, 15) is 4.79 Å². The number of Topliss-reactive ketones (excluding diaryl/α,β-unsaturated/α-hetero) is 1. The Bertz CT molecular complexity index is 391. The molecule has 2 rings (SSSR count). The summed E-state index contributed by atoms with van der Waals surface area (Å²) in [5.41, 5.74) is 7.72. The van der Waals surface area contributed by atoms with Crippen LogP contribution in [0.3, 0.4) is 0 Å². The van der Waals surface area contributed by atoms with Gasteiger partial charge in [-0.25, -0.2) is 0 Å². The Kier molecular flexibility index (Phi) is 3.60. The van der Waals surface area contributed by atoms with Gasteiger partial charge in [0.2, 0.25) is 0 Å². The largest absolute Gasteiger partial charge is 0.381 e. The zero-order valence-electron chi connectivity index (χ0n) is 10.2. The quantitative estimate of drug-likeness (QED) is 0.863. The molecule has 1 aliphatic heterocycles. The number of ether oxygens (including phenoxy) is 1. The standard InChI is InChI=1S/C14H19NO2/c1-11-2-4-12(5-3-11)10-13(16)14(15)6-8-17-9-7-14/h2-5H,6-10,15H2,1H3. The second-order valence-electron chi connectivity index (χ2n) is 4.85. The van der Waals surface area contributed by atoms with Crippen LogP contribution in [0, 0.1) is 6.92 Å². The maximum atomic E-state index is 12.2. The summed E-state index contributed by atoms with van der Waals surface area (Å²) in [6.07, 6.45) is 1.70. The summed E-state index contributed by atoms with van der Waals surface area (Å²) in [7, 11) is 0. The Labute approximate surface area is 102 Å². The summed E-state index contributed by atoms with van der Waals surface area (Å²) in [5, 5.41) is 0. The van der Waals surface area contributed by atoms with Gasteiger partial charge in [0.25, 0.3) is 0 Å². The van der Waals surface area contributed by atoms with Gasteiger partial charge in [0, 0.05) is 19.6 Å². The predicted octanol–water partition coefficient (Wildman–Crippen LogP) is 1.61. The molecule has 0 aliphatic carbocycles. The van der Waals surface area contributed by atoms with Crippen molar-refractivity contribution < 1.29 is 9.53 Å². The van der Waals surface area contributed by atoms with Gasteiger partial charge in [0.15, 0.2) is 5.78 Å². The van der Waals surface area contributed by atoms with Crippen molar-refractivity contribution >= 4 is 5.78 Å². The number of hydrogen-bond acceptors (Lipinski definition) is 3. The van der Waals surface area contributed by atoms with Gasteiger partial charge in [-0.1, -0.05) is 29.8 Å². The van der Waals surface area contributed by atoms with Gasteiger partial charge < -0.3 is 10.5 Å². The van der Waals surface area contributed by atoms with Gasteiger partial charge in [-0.05, 0) is 25.3 Å². The molecule has 17 heavy (non-hydrogen) atoms. The topological polar surface area (TPSA) is 52.3 Å². The normalized spacial score (nSPS) is 18.9. The zero-order valence-corrected chi connectivity index (χ0v) is 10.2. The average molecular weight is 233 g/mol. The van der Waals surface area contributed by atoms with E-state index < -0.39 is 5.54 Å². The van der Waals surface area contributed by atoms with Crippen molar-refractivity contribution in [2.24, 2.45) is 5.73 Å². The molecule has 1 aromatic rings. The minimum absolute atomic E-state index is 0.129. The lowest BCUT2D eigenvalue weighted by Crippen LogP contribution is -2.52. The second kappa shape index (κ2) is 4.98. The van der Waals surface area contributed by atoms with E-state index in [1.807, 2.05) is 31.2 Å². The van der Waals surface area contributed by atoms with E-state index >= 15 is 0 Å². The van der Waals surface area contributed by atoms with Crippen LogP contribution in [0.25, 0.3) is 0 Å². The number of carbonyl (C=O) groups excluding carboxylic acids is 1. The molecular formula is C14H19NO2. The highest BCUT2D eigenvalue weighted by molar-refractivity contribution is 5.90. The van der Waals surface area contributed by atoms with Crippen molar-refractivity contribution in [3.05, 3.63) is 35.4 Å². The van der Waals surface area contributed by atoms with E-state index in [0.717, 1.165) is 5.56 Å². The fraction of sp³-hybridized carbons (Fsp3) is 0.500. The predicted molar refractivity (Wildman–Crippen MR) is 66.9 cm³/mol. The molecule has 0 amide bonds. The lowest BCUT2D eigenvalue weighted by atomic mass is 9.84. The van der Waals surface area contributed by atoms with Gasteiger partial charge in [-0.15, -0.1) is 0 Å². The maximum Gasteiger partial charge on any atom is 0.157 e. The van der Waals surface area contributed by atoms with Crippen molar-refractivity contribution in [3.8, 4) is 0 Å². The van der Waals surface area contributed by atoms with Crippen molar-refractivity contribution in [2.45, 2.75) is 31.7 Å². The van der Waals surface area contributed by atoms with Crippen LogP contribution in [0.15, 0.2) is 24.3 Å². The molecule has 1 heterocycles. The molecule has 3 heteroatoms. The van der Waals surface area contributed by atoms with Crippen molar-refractivity contribution in [3.63, 3.8) is 0 Å². The second-order valence-corrected chi connectivity index (χ2v) is 4.85. The van der Waals surface area contributed by atoms with Crippen molar-refractivity contribution in [1.29, 1.82) is 0 Å². The van der Waals surface area contributed by atoms with E-state index in [2.05, 4.69) is 0 Å². The van der Waals surface area contributed by atoms with Crippen LogP contribution in [-0.2, 0) is 16.0 Å². The minimum Gasteiger partial charge on any atom is -0.381 e. The van der Waals surface area contributed by atoms with Gasteiger partial charge >= 0.3 is 0 Å². The molecular weight excluding hydrogens is 214 g/mol. The van der Waals surface area contributed by atoms with E-state index in [1.54, 1.807) is 0 Å². The summed E-state index contributed by atoms with van der Waals surface area (Å²) in [6, 6.07) is 8.04. The molecule has 3 nitrogen and oxygen atoms in total. The summed E-state index contributed by atoms with van der Waals surface area (Å²) < 4.78 is 5.25. The monoisotopic (exact) mass is 233 g/mol. The molecule has 0 radical (unpaired) electrons. The third kappa shape index (κ3) is 2.93.